The molecule has 0 fully saturated rings. The SMILES string of the molecule is C/C=C/C1CC(=O)C=C(OI)C1. The van der Waals surface area contributed by atoms with Crippen LogP contribution in [0.3, 0.4) is 0 Å². The van der Waals surface area contributed by atoms with Crippen LogP contribution in [0.25, 0.3) is 0 Å². The van der Waals surface area contributed by atoms with Crippen molar-refractivity contribution in [2.24, 2.45) is 5.92 Å². The Bertz CT molecular complexity index is 231. The van der Waals surface area contributed by atoms with Gasteiger partial charge >= 0.3 is 0 Å². The minimum absolute atomic E-state index is 0.163. The number of carbonyl (C=O) groups excluding carboxylic acids is 1. The van der Waals surface area contributed by atoms with E-state index in [2.05, 4.69) is 6.08 Å². The van der Waals surface area contributed by atoms with Gasteiger partial charge in [0, 0.05) is 18.9 Å². The summed E-state index contributed by atoms with van der Waals surface area (Å²) < 4.78 is 5.01. The number of hydrogen-bond donors (Lipinski definition) is 0. The minimum Gasteiger partial charge on any atom is -0.432 e. The normalized spacial score (nSPS) is 24.3. The van der Waals surface area contributed by atoms with Gasteiger partial charge in [-0.2, -0.15) is 0 Å². The summed E-state index contributed by atoms with van der Waals surface area (Å²) >= 11 is 1.81. The van der Waals surface area contributed by atoms with Crippen molar-refractivity contribution < 1.29 is 7.86 Å². The number of hydrogen-bond acceptors (Lipinski definition) is 2. The van der Waals surface area contributed by atoms with Crippen molar-refractivity contribution in [1.82, 2.24) is 0 Å². The van der Waals surface area contributed by atoms with Crippen molar-refractivity contribution in [2.45, 2.75) is 19.8 Å². The molecule has 0 saturated heterocycles. The van der Waals surface area contributed by atoms with E-state index in [1.54, 1.807) is 6.08 Å². The van der Waals surface area contributed by atoms with Crippen LogP contribution < -0.4 is 0 Å². The maximum atomic E-state index is 11.1. The lowest BCUT2D eigenvalue weighted by Gasteiger charge is -2.16. The molecule has 1 aliphatic carbocycles. The zero-order chi connectivity index (χ0) is 8.97. The van der Waals surface area contributed by atoms with Gasteiger partial charge in [-0.15, -0.1) is 0 Å². The number of carbonyl (C=O) groups is 1. The van der Waals surface area contributed by atoms with Gasteiger partial charge in [0.25, 0.3) is 0 Å². The first-order valence-electron chi connectivity index (χ1n) is 3.91. The molecule has 1 rings (SSSR count). The van der Waals surface area contributed by atoms with Gasteiger partial charge in [-0.05, 0) is 12.8 Å². The van der Waals surface area contributed by atoms with Gasteiger partial charge in [0.2, 0.25) is 0 Å². The lowest BCUT2D eigenvalue weighted by Crippen LogP contribution is -2.12. The average molecular weight is 278 g/mol. The topological polar surface area (TPSA) is 26.3 Å². The highest BCUT2D eigenvalue weighted by atomic mass is 127. The molecule has 0 spiro atoms. The average Bonchev–Trinajstić information content (AvgIpc) is 2.04. The standard InChI is InChI=1S/C9H11IO2/c1-2-3-7-4-8(11)6-9(5-7)12-10/h2-3,6-7H,4-5H2,1H3/b3-2+. The summed E-state index contributed by atoms with van der Waals surface area (Å²) in [5.41, 5.74) is 0. The van der Waals surface area contributed by atoms with Crippen LogP contribution in [0.5, 0.6) is 0 Å². The molecule has 0 heterocycles. The molecule has 0 aromatic rings. The van der Waals surface area contributed by atoms with Crippen molar-refractivity contribution in [2.75, 3.05) is 0 Å². The van der Waals surface area contributed by atoms with Crippen LogP contribution in [0, 0.1) is 5.92 Å². The van der Waals surface area contributed by atoms with E-state index in [0.717, 1.165) is 12.2 Å². The van der Waals surface area contributed by atoms with Crippen molar-refractivity contribution in [3.63, 3.8) is 0 Å². The van der Waals surface area contributed by atoms with Crippen LogP contribution in [0.4, 0.5) is 0 Å². The maximum Gasteiger partial charge on any atom is 0.192 e. The molecule has 0 aromatic heterocycles. The monoisotopic (exact) mass is 278 g/mol. The molecule has 0 bridgehead atoms. The van der Waals surface area contributed by atoms with E-state index >= 15 is 0 Å². The highest BCUT2D eigenvalue weighted by molar-refractivity contribution is 14.1. The van der Waals surface area contributed by atoms with E-state index < -0.39 is 0 Å². The molecule has 0 N–H and O–H groups in total. The number of halogens is 1. The molecule has 3 heteroatoms. The molecule has 0 aromatic carbocycles. The molecular formula is C9H11IO2. The molecule has 1 unspecified atom stereocenters. The predicted octanol–water partition coefficient (Wildman–Crippen LogP) is 2.79. The van der Waals surface area contributed by atoms with Crippen molar-refractivity contribution in [3.8, 4) is 0 Å². The van der Waals surface area contributed by atoms with Crippen LogP contribution in [-0.2, 0) is 7.86 Å². The lowest BCUT2D eigenvalue weighted by atomic mass is 9.92. The van der Waals surface area contributed by atoms with E-state index in [-0.39, 0.29) is 5.78 Å². The van der Waals surface area contributed by atoms with Crippen LogP contribution in [0.2, 0.25) is 0 Å². The molecule has 0 aliphatic heterocycles. The summed E-state index contributed by atoms with van der Waals surface area (Å²) in [6.07, 6.45) is 7.09. The Labute approximate surface area is 86.4 Å². The zero-order valence-corrected chi connectivity index (χ0v) is 9.08. The van der Waals surface area contributed by atoms with Gasteiger partial charge in [0.05, 0.1) is 0 Å². The number of ketones is 1. The van der Waals surface area contributed by atoms with E-state index in [1.807, 2.05) is 36.0 Å². The summed E-state index contributed by atoms with van der Waals surface area (Å²) in [5, 5.41) is 0. The fraction of sp³-hybridized carbons (Fsp3) is 0.444. The minimum atomic E-state index is 0.163. The smallest absolute Gasteiger partial charge is 0.192 e. The Hall–Kier alpha value is -0.320. The summed E-state index contributed by atoms with van der Waals surface area (Å²) in [7, 11) is 0. The highest BCUT2D eigenvalue weighted by Gasteiger charge is 2.18. The Morgan fingerprint density at radius 3 is 3.00 bits per heavy atom. The molecule has 2 nitrogen and oxygen atoms in total. The maximum absolute atomic E-state index is 11.1. The zero-order valence-electron chi connectivity index (χ0n) is 6.92. The van der Waals surface area contributed by atoms with Crippen LogP contribution >= 0.6 is 23.0 Å². The molecule has 0 radical (unpaired) electrons. The van der Waals surface area contributed by atoms with Gasteiger partial charge < -0.3 is 3.07 Å². The van der Waals surface area contributed by atoms with Crippen molar-refractivity contribution in [1.29, 1.82) is 0 Å². The molecule has 0 saturated carbocycles. The summed E-state index contributed by atoms with van der Waals surface area (Å²) in [5.74, 6) is 1.28. The third-order valence-electron chi connectivity index (χ3n) is 1.81. The van der Waals surface area contributed by atoms with Gasteiger partial charge in [-0.1, -0.05) is 12.2 Å². The Morgan fingerprint density at radius 1 is 1.67 bits per heavy atom. The van der Waals surface area contributed by atoms with Gasteiger partial charge in [0.15, 0.2) is 28.8 Å². The van der Waals surface area contributed by atoms with E-state index in [0.29, 0.717) is 12.3 Å². The Balaban J connectivity index is 2.65. The first kappa shape index (κ1) is 9.77. The van der Waals surface area contributed by atoms with Gasteiger partial charge in [-0.3, -0.25) is 4.79 Å². The van der Waals surface area contributed by atoms with E-state index in [9.17, 15) is 4.79 Å². The second-order valence-corrected chi connectivity index (χ2v) is 3.29. The van der Waals surface area contributed by atoms with Crippen LogP contribution in [0.15, 0.2) is 24.0 Å². The molecular weight excluding hydrogens is 267 g/mol. The predicted molar refractivity (Wildman–Crippen MR) is 55.7 cm³/mol. The summed E-state index contributed by atoms with van der Waals surface area (Å²) in [4.78, 5) is 11.1. The molecule has 12 heavy (non-hydrogen) atoms. The fourth-order valence-electron chi connectivity index (χ4n) is 1.35. The van der Waals surface area contributed by atoms with Crippen LogP contribution in [-0.4, -0.2) is 5.78 Å². The highest BCUT2D eigenvalue weighted by Crippen LogP contribution is 2.25. The first-order chi connectivity index (χ1) is 5.76. The van der Waals surface area contributed by atoms with Crippen molar-refractivity contribution in [3.05, 3.63) is 24.0 Å². The third kappa shape index (κ3) is 2.62. The second kappa shape index (κ2) is 4.64. The van der Waals surface area contributed by atoms with Gasteiger partial charge in [-0.25, -0.2) is 0 Å². The quantitative estimate of drug-likeness (QED) is 0.573. The van der Waals surface area contributed by atoms with E-state index in [4.69, 9.17) is 3.07 Å². The lowest BCUT2D eigenvalue weighted by molar-refractivity contribution is -0.115. The number of rotatable bonds is 2. The second-order valence-electron chi connectivity index (χ2n) is 2.85. The first-order valence-corrected chi connectivity index (χ1v) is 4.79. The Morgan fingerprint density at radius 2 is 2.42 bits per heavy atom. The molecule has 1 atom stereocenters. The molecule has 66 valence electrons. The number of allylic oxidation sites excluding steroid dienone is 4. The summed E-state index contributed by atoms with van der Waals surface area (Å²) in [6.45, 7) is 1.97. The molecule has 1 aliphatic rings. The fourth-order valence-corrected chi connectivity index (χ4v) is 1.66. The van der Waals surface area contributed by atoms with Gasteiger partial charge in [0.1, 0.15) is 5.76 Å². The van der Waals surface area contributed by atoms with E-state index in [1.165, 1.54) is 0 Å². The van der Waals surface area contributed by atoms with Crippen molar-refractivity contribution >= 4 is 28.8 Å². The Kier molecular flexibility index (Phi) is 3.78. The largest absolute Gasteiger partial charge is 0.432 e. The summed E-state index contributed by atoms with van der Waals surface area (Å²) in [6, 6.07) is 0. The molecule has 0 amide bonds. The van der Waals surface area contributed by atoms with Crippen LogP contribution in [0.1, 0.15) is 19.8 Å². The third-order valence-corrected chi connectivity index (χ3v) is 2.38.